The Morgan fingerprint density at radius 3 is 2.45 bits per heavy atom. The van der Waals surface area contributed by atoms with Crippen molar-refractivity contribution in [1.29, 1.82) is 0 Å². The molecule has 156 valence electrons. The molecule has 0 radical (unpaired) electrons. The average Bonchev–Trinajstić information content (AvgIpc) is 2.67. The fourth-order valence-corrected chi connectivity index (χ4v) is 4.50. The summed E-state index contributed by atoms with van der Waals surface area (Å²) in [6, 6.07) is 8.58. The number of methoxy groups -OCH3 is 2. The molecule has 0 atom stereocenters. The molecule has 1 saturated carbocycles. The van der Waals surface area contributed by atoms with E-state index in [2.05, 4.69) is 10.0 Å². The largest absolute Gasteiger partial charge is 0.496 e. The molecular weight excluding hydrogens is 420 g/mol. The van der Waals surface area contributed by atoms with Crippen molar-refractivity contribution < 1.29 is 27.8 Å². The first-order valence-electron chi connectivity index (χ1n) is 8.77. The van der Waals surface area contributed by atoms with E-state index < -0.39 is 22.0 Å². The molecule has 0 heterocycles. The van der Waals surface area contributed by atoms with E-state index >= 15 is 0 Å². The van der Waals surface area contributed by atoms with Crippen LogP contribution in [0.5, 0.6) is 11.5 Å². The van der Waals surface area contributed by atoms with E-state index in [0.717, 1.165) is 0 Å². The number of hydrogen-bond donors (Lipinski definition) is 3. The van der Waals surface area contributed by atoms with Crippen LogP contribution in [-0.4, -0.2) is 45.8 Å². The molecule has 2 aromatic carbocycles. The van der Waals surface area contributed by atoms with Crippen molar-refractivity contribution >= 4 is 33.2 Å². The lowest BCUT2D eigenvalue weighted by Gasteiger charge is -2.31. The van der Waals surface area contributed by atoms with Crippen LogP contribution in [0.2, 0.25) is 5.02 Å². The number of benzene rings is 2. The fraction of sp³-hybridized carbons (Fsp3) is 0.316. The highest BCUT2D eigenvalue weighted by Crippen LogP contribution is 2.33. The van der Waals surface area contributed by atoms with Gasteiger partial charge in [0.2, 0.25) is 10.0 Å². The van der Waals surface area contributed by atoms with Crippen LogP contribution in [-0.2, 0) is 10.0 Å². The van der Waals surface area contributed by atoms with Gasteiger partial charge in [-0.05, 0) is 43.2 Å². The molecule has 3 N–H and O–H groups in total. The minimum absolute atomic E-state index is 0.0305. The van der Waals surface area contributed by atoms with E-state index in [-0.39, 0.29) is 27.3 Å². The van der Waals surface area contributed by atoms with Gasteiger partial charge >= 0.3 is 0 Å². The average molecular weight is 441 g/mol. The van der Waals surface area contributed by atoms with Crippen molar-refractivity contribution in [3.05, 3.63) is 47.0 Å². The van der Waals surface area contributed by atoms with Crippen molar-refractivity contribution in [2.24, 2.45) is 0 Å². The molecule has 0 bridgehead atoms. The van der Waals surface area contributed by atoms with Crippen LogP contribution in [0, 0.1) is 0 Å². The number of aliphatic hydroxyl groups excluding tert-OH is 1. The first-order chi connectivity index (χ1) is 13.7. The van der Waals surface area contributed by atoms with Gasteiger partial charge in [-0.2, -0.15) is 0 Å². The molecule has 0 aliphatic heterocycles. The van der Waals surface area contributed by atoms with Crippen molar-refractivity contribution in [3.63, 3.8) is 0 Å². The van der Waals surface area contributed by atoms with Crippen LogP contribution >= 0.6 is 11.6 Å². The molecule has 0 spiro atoms. The standard InChI is InChI=1S/C19H21ClN2O6S/c1-27-16-7-6-13(29(25,26)22-11-8-12(23)9-11)10-14(16)19(24)21-15-4-3-5-17(28-2)18(15)20/h3-7,10-12,22-23H,8-9H2,1-2H3,(H,21,24). The Morgan fingerprint density at radius 1 is 1.14 bits per heavy atom. The lowest BCUT2D eigenvalue weighted by molar-refractivity contribution is 0.0712. The minimum Gasteiger partial charge on any atom is -0.496 e. The van der Waals surface area contributed by atoms with Crippen LogP contribution in [0.1, 0.15) is 23.2 Å². The summed E-state index contributed by atoms with van der Waals surface area (Å²) in [4.78, 5) is 12.7. The zero-order valence-corrected chi connectivity index (χ0v) is 17.4. The first kappa shape index (κ1) is 21.4. The molecular formula is C19H21ClN2O6S. The Bertz CT molecular complexity index is 1020. The number of rotatable bonds is 7. The normalized spacial score (nSPS) is 18.6. The summed E-state index contributed by atoms with van der Waals surface area (Å²) in [5, 5.41) is 12.2. The van der Waals surface area contributed by atoms with Gasteiger partial charge in [0.05, 0.1) is 36.5 Å². The number of ether oxygens (including phenoxy) is 2. The minimum atomic E-state index is -3.86. The number of sulfonamides is 1. The second kappa shape index (κ2) is 8.58. The quantitative estimate of drug-likeness (QED) is 0.609. The van der Waals surface area contributed by atoms with Crippen molar-refractivity contribution in [2.45, 2.75) is 29.9 Å². The van der Waals surface area contributed by atoms with Crippen LogP contribution in [0.15, 0.2) is 41.3 Å². The molecule has 0 saturated heterocycles. The maximum atomic E-state index is 12.8. The number of carbonyl (C=O) groups excluding carboxylic acids is 1. The monoisotopic (exact) mass is 440 g/mol. The Balaban J connectivity index is 1.88. The second-order valence-corrected chi connectivity index (χ2v) is 8.67. The predicted molar refractivity (Wildman–Crippen MR) is 108 cm³/mol. The summed E-state index contributed by atoms with van der Waals surface area (Å²) in [5.41, 5.74) is 0.343. The van der Waals surface area contributed by atoms with Crippen LogP contribution in [0.3, 0.4) is 0 Å². The van der Waals surface area contributed by atoms with Gasteiger partial charge in [0.15, 0.2) is 0 Å². The highest BCUT2D eigenvalue weighted by Gasteiger charge is 2.32. The van der Waals surface area contributed by atoms with Crippen molar-refractivity contribution in [1.82, 2.24) is 4.72 Å². The van der Waals surface area contributed by atoms with Gasteiger partial charge in [-0.15, -0.1) is 0 Å². The van der Waals surface area contributed by atoms with Gasteiger partial charge in [0, 0.05) is 6.04 Å². The Labute approximate surface area is 173 Å². The van der Waals surface area contributed by atoms with Crippen LogP contribution < -0.4 is 19.5 Å². The van der Waals surface area contributed by atoms with Gasteiger partial charge in [0.25, 0.3) is 5.91 Å². The molecule has 8 nitrogen and oxygen atoms in total. The lowest BCUT2D eigenvalue weighted by atomic mass is 9.91. The summed E-state index contributed by atoms with van der Waals surface area (Å²) in [5.74, 6) is 0.00676. The summed E-state index contributed by atoms with van der Waals surface area (Å²) >= 11 is 6.21. The highest BCUT2D eigenvalue weighted by molar-refractivity contribution is 7.89. The number of aliphatic hydroxyl groups is 1. The lowest BCUT2D eigenvalue weighted by Crippen LogP contribution is -2.46. The zero-order chi connectivity index (χ0) is 21.2. The molecule has 1 amide bonds. The predicted octanol–water partition coefficient (Wildman–Crippen LogP) is 2.41. The number of amides is 1. The second-order valence-electron chi connectivity index (χ2n) is 6.58. The summed E-state index contributed by atoms with van der Waals surface area (Å²) in [7, 11) is -1.02. The molecule has 0 unspecified atom stereocenters. The molecule has 29 heavy (non-hydrogen) atoms. The fourth-order valence-electron chi connectivity index (χ4n) is 2.96. The Morgan fingerprint density at radius 2 is 1.83 bits per heavy atom. The topological polar surface area (TPSA) is 114 Å². The molecule has 10 heteroatoms. The van der Waals surface area contributed by atoms with E-state index in [9.17, 15) is 18.3 Å². The van der Waals surface area contributed by atoms with E-state index in [0.29, 0.717) is 24.3 Å². The number of halogens is 1. The molecule has 3 rings (SSSR count). The van der Waals surface area contributed by atoms with E-state index in [1.165, 1.54) is 32.4 Å². The van der Waals surface area contributed by atoms with Gasteiger partial charge in [-0.25, -0.2) is 13.1 Å². The zero-order valence-electron chi connectivity index (χ0n) is 15.8. The molecule has 0 aromatic heterocycles. The van der Waals surface area contributed by atoms with Gasteiger partial charge in [-0.1, -0.05) is 17.7 Å². The Hall–Kier alpha value is -2.33. The van der Waals surface area contributed by atoms with E-state index in [1.54, 1.807) is 18.2 Å². The molecule has 1 aliphatic carbocycles. The molecule has 1 aliphatic rings. The SMILES string of the molecule is COc1ccc(S(=O)(=O)NC2CC(O)C2)cc1C(=O)Nc1cccc(OC)c1Cl. The number of carbonyl (C=O) groups is 1. The van der Waals surface area contributed by atoms with Crippen molar-refractivity contribution in [3.8, 4) is 11.5 Å². The number of hydrogen-bond acceptors (Lipinski definition) is 6. The third kappa shape index (κ3) is 4.64. The third-order valence-corrected chi connectivity index (χ3v) is 6.50. The maximum Gasteiger partial charge on any atom is 0.259 e. The maximum absolute atomic E-state index is 12.8. The van der Waals surface area contributed by atoms with Gasteiger partial charge < -0.3 is 19.9 Å². The molecule has 1 fully saturated rings. The Kier molecular flexibility index (Phi) is 6.33. The summed E-state index contributed by atoms with van der Waals surface area (Å²) in [6.45, 7) is 0. The van der Waals surface area contributed by atoms with Crippen molar-refractivity contribution in [2.75, 3.05) is 19.5 Å². The van der Waals surface area contributed by atoms with Gasteiger partial charge in [0.1, 0.15) is 16.5 Å². The first-order valence-corrected chi connectivity index (χ1v) is 10.6. The number of anilines is 1. The third-order valence-electron chi connectivity index (χ3n) is 4.59. The van der Waals surface area contributed by atoms with Crippen LogP contribution in [0.25, 0.3) is 0 Å². The number of nitrogens with one attached hydrogen (secondary N) is 2. The molecule has 2 aromatic rings. The van der Waals surface area contributed by atoms with Crippen LogP contribution in [0.4, 0.5) is 5.69 Å². The summed E-state index contributed by atoms with van der Waals surface area (Å²) in [6.07, 6.45) is 0.223. The van der Waals surface area contributed by atoms with E-state index in [4.69, 9.17) is 21.1 Å². The van der Waals surface area contributed by atoms with E-state index in [1.807, 2.05) is 0 Å². The summed E-state index contributed by atoms with van der Waals surface area (Å²) < 4.78 is 38.1. The van der Waals surface area contributed by atoms with Gasteiger partial charge in [-0.3, -0.25) is 4.79 Å². The smallest absolute Gasteiger partial charge is 0.259 e. The highest BCUT2D eigenvalue weighted by atomic mass is 35.5.